The van der Waals surface area contributed by atoms with Crippen LogP contribution in [0, 0.1) is 6.92 Å². The van der Waals surface area contributed by atoms with Gasteiger partial charge < -0.3 is 9.47 Å². The van der Waals surface area contributed by atoms with Crippen molar-refractivity contribution in [1.29, 1.82) is 0 Å². The van der Waals surface area contributed by atoms with Crippen LogP contribution in [0.4, 0.5) is 0 Å². The van der Waals surface area contributed by atoms with Crippen molar-refractivity contribution in [2.24, 2.45) is 0 Å². The van der Waals surface area contributed by atoms with E-state index in [0.29, 0.717) is 23.7 Å². The van der Waals surface area contributed by atoms with Crippen LogP contribution in [0.1, 0.15) is 16.8 Å². The summed E-state index contributed by atoms with van der Waals surface area (Å²) < 4.78 is 40.3. The number of aryl methyl sites for hydroxylation is 1. The zero-order chi connectivity index (χ0) is 18.9. The number of benzene rings is 2. The van der Waals surface area contributed by atoms with Crippen molar-refractivity contribution in [3.63, 3.8) is 0 Å². The minimum atomic E-state index is -3.68. The first-order valence-corrected chi connectivity index (χ1v) is 9.96. The van der Waals surface area contributed by atoms with E-state index in [0.717, 1.165) is 11.1 Å². The molecule has 1 aliphatic heterocycles. The van der Waals surface area contributed by atoms with Crippen LogP contribution in [0.5, 0.6) is 11.5 Å². The SMILES string of the molecule is Cc1nn(Cc2ccccc2)cc1S(=O)(=O)NCc1ccc2c(c1)OCO2. The normalized spacial score (nSPS) is 13.1. The van der Waals surface area contributed by atoms with Crippen molar-refractivity contribution >= 4 is 10.0 Å². The van der Waals surface area contributed by atoms with Gasteiger partial charge >= 0.3 is 0 Å². The quantitative estimate of drug-likeness (QED) is 0.705. The molecule has 4 rings (SSSR count). The molecule has 0 bridgehead atoms. The Hall–Kier alpha value is -2.84. The fraction of sp³-hybridized carbons (Fsp3) is 0.211. The fourth-order valence-corrected chi connectivity index (χ4v) is 4.12. The second-order valence-electron chi connectivity index (χ2n) is 6.27. The van der Waals surface area contributed by atoms with E-state index in [4.69, 9.17) is 9.47 Å². The Morgan fingerprint density at radius 1 is 1.07 bits per heavy atom. The van der Waals surface area contributed by atoms with Gasteiger partial charge in [0.15, 0.2) is 11.5 Å². The molecule has 27 heavy (non-hydrogen) atoms. The van der Waals surface area contributed by atoms with Gasteiger partial charge in [0.2, 0.25) is 16.8 Å². The predicted molar refractivity (Wildman–Crippen MR) is 99.1 cm³/mol. The summed E-state index contributed by atoms with van der Waals surface area (Å²) in [6.45, 7) is 2.54. The van der Waals surface area contributed by atoms with E-state index >= 15 is 0 Å². The monoisotopic (exact) mass is 385 g/mol. The molecule has 2 aromatic carbocycles. The van der Waals surface area contributed by atoms with Gasteiger partial charge in [0, 0.05) is 12.7 Å². The first-order valence-electron chi connectivity index (χ1n) is 8.47. The Balaban J connectivity index is 1.48. The number of nitrogens with zero attached hydrogens (tertiary/aromatic N) is 2. The highest BCUT2D eigenvalue weighted by atomic mass is 32.2. The van der Waals surface area contributed by atoms with Gasteiger partial charge in [0.1, 0.15) is 4.90 Å². The topological polar surface area (TPSA) is 82.5 Å². The van der Waals surface area contributed by atoms with Gasteiger partial charge in [0.25, 0.3) is 0 Å². The molecule has 140 valence electrons. The number of nitrogens with one attached hydrogen (secondary N) is 1. The van der Waals surface area contributed by atoms with Crippen molar-refractivity contribution in [2.75, 3.05) is 6.79 Å². The number of aromatic nitrogens is 2. The van der Waals surface area contributed by atoms with Crippen LogP contribution < -0.4 is 14.2 Å². The zero-order valence-electron chi connectivity index (χ0n) is 14.8. The summed E-state index contributed by atoms with van der Waals surface area (Å²) in [6, 6.07) is 15.1. The highest BCUT2D eigenvalue weighted by molar-refractivity contribution is 7.89. The van der Waals surface area contributed by atoms with E-state index < -0.39 is 10.0 Å². The molecule has 0 aliphatic carbocycles. The molecule has 0 fully saturated rings. The van der Waals surface area contributed by atoms with Crippen LogP contribution >= 0.6 is 0 Å². The van der Waals surface area contributed by atoms with Gasteiger partial charge in [-0.3, -0.25) is 4.68 Å². The first kappa shape index (κ1) is 17.6. The first-order chi connectivity index (χ1) is 13.0. The summed E-state index contributed by atoms with van der Waals surface area (Å²) in [5.74, 6) is 1.29. The molecule has 1 aliphatic rings. The molecule has 0 atom stereocenters. The molecular weight excluding hydrogens is 366 g/mol. The van der Waals surface area contributed by atoms with E-state index in [9.17, 15) is 8.42 Å². The lowest BCUT2D eigenvalue weighted by Crippen LogP contribution is -2.23. The maximum Gasteiger partial charge on any atom is 0.244 e. The number of ether oxygens (including phenoxy) is 2. The van der Waals surface area contributed by atoms with Gasteiger partial charge in [-0.05, 0) is 30.2 Å². The number of fused-ring (bicyclic) bond motifs is 1. The largest absolute Gasteiger partial charge is 0.454 e. The van der Waals surface area contributed by atoms with Gasteiger partial charge in [-0.2, -0.15) is 5.10 Å². The highest BCUT2D eigenvalue weighted by Gasteiger charge is 2.21. The maximum absolute atomic E-state index is 12.7. The van der Waals surface area contributed by atoms with E-state index in [2.05, 4.69) is 9.82 Å². The fourth-order valence-electron chi connectivity index (χ4n) is 2.92. The van der Waals surface area contributed by atoms with Crippen molar-refractivity contribution in [2.45, 2.75) is 24.9 Å². The Morgan fingerprint density at radius 3 is 2.67 bits per heavy atom. The minimum absolute atomic E-state index is 0.155. The van der Waals surface area contributed by atoms with Gasteiger partial charge in [-0.15, -0.1) is 0 Å². The lowest BCUT2D eigenvalue weighted by molar-refractivity contribution is 0.174. The van der Waals surface area contributed by atoms with E-state index in [1.807, 2.05) is 36.4 Å². The van der Waals surface area contributed by atoms with Crippen molar-refractivity contribution < 1.29 is 17.9 Å². The molecule has 0 radical (unpaired) electrons. The van der Waals surface area contributed by atoms with Crippen molar-refractivity contribution in [3.05, 3.63) is 71.5 Å². The maximum atomic E-state index is 12.7. The Labute approximate surface area is 157 Å². The molecule has 8 heteroatoms. The second kappa shape index (κ2) is 7.05. The summed E-state index contributed by atoms with van der Waals surface area (Å²) in [5, 5.41) is 4.34. The molecule has 0 amide bonds. The molecule has 0 spiro atoms. The number of hydrogen-bond acceptors (Lipinski definition) is 5. The summed E-state index contributed by atoms with van der Waals surface area (Å²) in [6.07, 6.45) is 1.56. The Bertz CT molecular complexity index is 1060. The van der Waals surface area contributed by atoms with E-state index in [-0.39, 0.29) is 18.2 Å². The number of rotatable bonds is 6. The lowest BCUT2D eigenvalue weighted by Gasteiger charge is -2.06. The molecule has 1 aromatic heterocycles. The smallest absolute Gasteiger partial charge is 0.244 e. The number of hydrogen-bond donors (Lipinski definition) is 1. The Morgan fingerprint density at radius 2 is 1.85 bits per heavy atom. The average Bonchev–Trinajstić information content (AvgIpc) is 3.27. The van der Waals surface area contributed by atoms with Crippen LogP contribution in [0.3, 0.4) is 0 Å². The van der Waals surface area contributed by atoms with Gasteiger partial charge in [-0.1, -0.05) is 36.4 Å². The summed E-state index contributed by atoms with van der Waals surface area (Å²) in [4.78, 5) is 0.180. The van der Waals surface area contributed by atoms with Crippen LogP contribution in [0.2, 0.25) is 0 Å². The van der Waals surface area contributed by atoms with Crippen LogP contribution in [-0.4, -0.2) is 25.0 Å². The van der Waals surface area contributed by atoms with E-state index in [1.54, 1.807) is 29.9 Å². The summed E-state index contributed by atoms with van der Waals surface area (Å²) in [7, 11) is -3.68. The minimum Gasteiger partial charge on any atom is -0.454 e. The third-order valence-corrected chi connectivity index (χ3v) is 5.79. The summed E-state index contributed by atoms with van der Waals surface area (Å²) >= 11 is 0. The van der Waals surface area contributed by atoms with Crippen LogP contribution in [-0.2, 0) is 23.1 Å². The van der Waals surface area contributed by atoms with Crippen LogP contribution in [0.25, 0.3) is 0 Å². The molecular formula is C19H19N3O4S. The molecule has 2 heterocycles. The Kier molecular flexibility index (Phi) is 4.59. The van der Waals surface area contributed by atoms with Crippen molar-refractivity contribution in [1.82, 2.24) is 14.5 Å². The lowest BCUT2D eigenvalue weighted by atomic mass is 10.2. The third-order valence-electron chi connectivity index (χ3n) is 4.28. The average molecular weight is 385 g/mol. The van der Waals surface area contributed by atoms with Crippen LogP contribution in [0.15, 0.2) is 59.6 Å². The highest BCUT2D eigenvalue weighted by Crippen LogP contribution is 2.32. The standard InChI is InChI=1S/C19H19N3O4S/c1-14-19(12-22(21-14)11-15-5-3-2-4-6-15)27(23,24)20-10-16-7-8-17-18(9-16)26-13-25-17/h2-9,12,20H,10-11,13H2,1H3. The zero-order valence-corrected chi connectivity index (χ0v) is 15.6. The molecule has 0 saturated heterocycles. The summed E-state index contributed by atoms with van der Waals surface area (Å²) in [5.41, 5.74) is 2.30. The molecule has 7 nitrogen and oxygen atoms in total. The predicted octanol–water partition coefficient (Wildman–Crippen LogP) is 2.45. The molecule has 0 unspecified atom stereocenters. The third kappa shape index (κ3) is 3.81. The van der Waals surface area contributed by atoms with Gasteiger partial charge in [0.05, 0.1) is 12.2 Å². The second-order valence-corrected chi connectivity index (χ2v) is 8.01. The number of sulfonamides is 1. The van der Waals surface area contributed by atoms with E-state index in [1.165, 1.54) is 0 Å². The molecule has 1 N–H and O–H groups in total. The van der Waals surface area contributed by atoms with Crippen molar-refractivity contribution in [3.8, 4) is 11.5 Å². The molecule has 3 aromatic rings. The molecule has 0 saturated carbocycles. The van der Waals surface area contributed by atoms with Gasteiger partial charge in [-0.25, -0.2) is 13.1 Å².